The van der Waals surface area contributed by atoms with E-state index in [4.69, 9.17) is 5.11 Å². The highest BCUT2D eigenvalue weighted by Gasteiger charge is 2.22. The molecule has 3 nitrogen and oxygen atoms in total. The fraction of sp³-hybridized carbons (Fsp3) is 0.769. The first kappa shape index (κ1) is 13.2. The Kier molecular flexibility index (Phi) is 5.53. The summed E-state index contributed by atoms with van der Waals surface area (Å²) in [6, 6.07) is 0.100. The maximum atomic E-state index is 12.0. The van der Waals surface area contributed by atoms with E-state index in [0.29, 0.717) is 12.3 Å². The van der Waals surface area contributed by atoms with Gasteiger partial charge in [-0.2, -0.15) is 0 Å². The predicted octanol–water partition coefficient (Wildman–Crippen LogP) is 1.87. The molecule has 1 aliphatic rings. The number of hydrogen-bond donors (Lipinski definition) is 2. The first-order valence-corrected chi connectivity index (χ1v) is 6.21. The third kappa shape index (κ3) is 3.97. The van der Waals surface area contributed by atoms with E-state index in [0.717, 1.165) is 19.3 Å². The molecule has 16 heavy (non-hydrogen) atoms. The van der Waals surface area contributed by atoms with Crippen LogP contribution in [-0.4, -0.2) is 23.7 Å². The molecule has 0 saturated heterocycles. The van der Waals surface area contributed by atoms with E-state index in [2.05, 4.69) is 31.3 Å². The third-order valence-corrected chi connectivity index (χ3v) is 3.21. The summed E-state index contributed by atoms with van der Waals surface area (Å²) >= 11 is 0. The standard InChI is InChI=1S/C13H23NO2/c1-10(2)12(8-9-15)14-13(16)11-6-4-3-5-7-11/h3-4,10-12,15H,5-9H2,1-2H3,(H,14,16). The molecule has 92 valence electrons. The second-order valence-corrected chi connectivity index (χ2v) is 4.85. The summed E-state index contributed by atoms with van der Waals surface area (Å²) in [5, 5.41) is 12.0. The van der Waals surface area contributed by atoms with Gasteiger partial charge < -0.3 is 10.4 Å². The molecule has 0 aromatic heterocycles. The lowest BCUT2D eigenvalue weighted by Gasteiger charge is -2.25. The largest absolute Gasteiger partial charge is 0.396 e. The molecule has 2 atom stereocenters. The predicted molar refractivity (Wildman–Crippen MR) is 65.0 cm³/mol. The molecule has 1 rings (SSSR count). The van der Waals surface area contributed by atoms with Crippen LogP contribution in [0.2, 0.25) is 0 Å². The van der Waals surface area contributed by atoms with Crippen LogP contribution < -0.4 is 5.32 Å². The average molecular weight is 225 g/mol. The minimum Gasteiger partial charge on any atom is -0.396 e. The number of aliphatic hydroxyl groups excluding tert-OH is 1. The molecule has 0 aromatic rings. The molecule has 0 spiro atoms. The topological polar surface area (TPSA) is 49.3 Å². The Labute approximate surface area is 97.9 Å². The Bertz CT molecular complexity index is 248. The van der Waals surface area contributed by atoms with Crippen LogP contribution in [0.1, 0.15) is 39.5 Å². The summed E-state index contributed by atoms with van der Waals surface area (Å²) in [5.74, 6) is 0.650. The van der Waals surface area contributed by atoms with Gasteiger partial charge >= 0.3 is 0 Å². The van der Waals surface area contributed by atoms with Gasteiger partial charge in [-0.3, -0.25) is 4.79 Å². The second-order valence-electron chi connectivity index (χ2n) is 4.85. The van der Waals surface area contributed by atoms with Crippen molar-refractivity contribution >= 4 is 5.91 Å². The molecule has 0 heterocycles. The summed E-state index contributed by atoms with van der Waals surface area (Å²) < 4.78 is 0. The van der Waals surface area contributed by atoms with Gasteiger partial charge in [-0.1, -0.05) is 26.0 Å². The van der Waals surface area contributed by atoms with Gasteiger partial charge in [0, 0.05) is 18.6 Å². The summed E-state index contributed by atoms with van der Waals surface area (Å²) in [7, 11) is 0. The Balaban J connectivity index is 2.44. The molecule has 0 fully saturated rings. The van der Waals surface area contributed by atoms with E-state index >= 15 is 0 Å². The zero-order valence-electron chi connectivity index (χ0n) is 10.3. The highest BCUT2D eigenvalue weighted by atomic mass is 16.3. The van der Waals surface area contributed by atoms with Crippen LogP contribution in [0, 0.1) is 11.8 Å². The quantitative estimate of drug-likeness (QED) is 0.702. The number of nitrogens with one attached hydrogen (secondary N) is 1. The van der Waals surface area contributed by atoms with Crippen molar-refractivity contribution < 1.29 is 9.90 Å². The maximum absolute atomic E-state index is 12.0. The molecule has 3 heteroatoms. The lowest BCUT2D eigenvalue weighted by Crippen LogP contribution is -2.42. The third-order valence-electron chi connectivity index (χ3n) is 3.21. The summed E-state index contributed by atoms with van der Waals surface area (Å²) in [6.07, 6.45) is 7.68. The summed E-state index contributed by atoms with van der Waals surface area (Å²) in [4.78, 5) is 12.0. The number of hydrogen-bond acceptors (Lipinski definition) is 2. The van der Waals surface area contributed by atoms with Crippen molar-refractivity contribution in [3.63, 3.8) is 0 Å². The molecule has 0 bridgehead atoms. The number of rotatable bonds is 5. The van der Waals surface area contributed by atoms with Crippen molar-refractivity contribution in [2.24, 2.45) is 11.8 Å². The van der Waals surface area contributed by atoms with Crippen LogP contribution >= 0.6 is 0 Å². The first-order valence-electron chi connectivity index (χ1n) is 6.21. The Morgan fingerprint density at radius 1 is 1.50 bits per heavy atom. The zero-order chi connectivity index (χ0) is 12.0. The molecule has 0 radical (unpaired) electrons. The fourth-order valence-corrected chi connectivity index (χ4v) is 2.04. The fourth-order valence-electron chi connectivity index (χ4n) is 2.04. The zero-order valence-corrected chi connectivity index (χ0v) is 10.3. The van der Waals surface area contributed by atoms with E-state index in [1.807, 2.05) is 0 Å². The Morgan fingerprint density at radius 3 is 2.75 bits per heavy atom. The minimum atomic E-state index is 0.100. The molecule has 1 aliphatic carbocycles. The average Bonchev–Trinajstić information content (AvgIpc) is 2.29. The monoisotopic (exact) mass is 225 g/mol. The lowest BCUT2D eigenvalue weighted by atomic mass is 9.92. The smallest absolute Gasteiger partial charge is 0.223 e. The molecule has 1 amide bonds. The Hall–Kier alpha value is -0.830. The van der Waals surface area contributed by atoms with Crippen molar-refractivity contribution in [1.82, 2.24) is 5.32 Å². The van der Waals surface area contributed by atoms with Crippen LogP contribution in [0.5, 0.6) is 0 Å². The normalized spacial score (nSPS) is 22.1. The molecule has 2 unspecified atom stereocenters. The number of aliphatic hydroxyl groups is 1. The SMILES string of the molecule is CC(C)C(CCO)NC(=O)C1CC=CCC1. The number of amides is 1. The van der Waals surface area contributed by atoms with Crippen LogP contribution in [-0.2, 0) is 4.79 Å². The van der Waals surface area contributed by atoms with Gasteiger partial charge in [-0.05, 0) is 31.6 Å². The van der Waals surface area contributed by atoms with Gasteiger partial charge in [0.1, 0.15) is 0 Å². The second kappa shape index (κ2) is 6.69. The molecular formula is C13H23NO2. The Morgan fingerprint density at radius 2 is 2.25 bits per heavy atom. The van der Waals surface area contributed by atoms with Gasteiger partial charge in [0.25, 0.3) is 0 Å². The molecular weight excluding hydrogens is 202 g/mol. The van der Waals surface area contributed by atoms with Crippen LogP contribution in [0.25, 0.3) is 0 Å². The van der Waals surface area contributed by atoms with Gasteiger partial charge in [-0.15, -0.1) is 0 Å². The molecule has 0 aromatic carbocycles. The lowest BCUT2D eigenvalue weighted by molar-refractivity contribution is -0.126. The van der Waals surface area contributed by atoms with E-state index < -0.39 is 0 Å². The number of allylic oxidation sites excluding steroid dienone is 2. The summed E-state index contributed by atoms with van der Waals surface area (Å²) in [5.41, 5.74) is 0. The van der Waals surface area contributed by atoms with Gasteiger partial charge in [-0.25, -0.2) is 0 Å². The highest BCUT2D eigenvalue weighted by molar-refractivity contribution is 5.79. The molecule has 2 N–H and O–H groups in total. The summed E-state index contributed by atoms with van der Waals surface area (Å²) in [6.45, 7) is 4.27. The number of carbonyl (C=O) groups excluding carboxylic acids is 1. The van der Waals surface area contributed by atoms with Crippen LogP contribution in [0.15, 0.2) is 12.2 Å². The van der Waals surface area contributed by atoms with Gasteiger partial charge in [0.15, 0.2) is 0 Å². The van der Waals surface area contributed by atoms with Gasteiger partial charge in [0.2, 0.25) is 5.91 Å². The van der Waals surface area contributed by atoms with Crippen LogP contribution in [0.4, 0.5) is 0 Å². The minimum absolute atomic E-state index is 0.100. The van der Waals surface area contributed by atoms with Gasteiger partial charge in [0.05, 0.1) is 0 Å². The first-order chi connectivity index (χ1) is 7.65. The van der Waals surface area contributed by atoms with E-state index in [1.165, 1.54) is 0 Å². The maximum Gasteiger partial charge on any atom is 0.223 e. The van der Waals surface area contributed by atoms with Crippen molar-refractivity contribution in [3.05, 3.63) is 12.2 Å². The van der Waals surface area contributed by atoms with Crippen molar-refractivity contribution in [3.8, 4) is 0 Å². The van der Waals surface area contributed by atoms with E-state index in [1.54, 1.807) is 0 Å². The number of carbonyl (C=O) groups is 1. The van der Waals surface area contributed by atoms with Crippen molar-refractivity contribution in [2.45, 2.75) is 45.6 Å². The highest BCUT2D eigenvalue weighted by Crippen LogP contribution is 2.19. The molecule has 0 saturated carbocycles. The van der Waals surface area contributed by atoms with E-state index in [-0.39, 0.29) is 24.5 Å². The van der Waals surface area contributed by atoms with Crippen LogP contribution in [0.3, 0.4) is 0 Å². The van der Waals surface area contributed by atoms with E-state index in [9.17, 15) is 4.79 Å². The molecule has 0 aliphatic heterocycles. The van der Waals surface area contributed by atoms with Crippen molar-refractivity contribution in [1.29, 1.82) is 0 Å². The van der Waals surface area contributed by atoms with Crippen molar-refractivity contribution in [2.75, 3.05) is 6.61 Å².